The van der Waals surface area contributed by atoms with Gasteiger partial charge in [-0.25, -0.2) is 0 Å². The summed E-state index contributed by atoms with van der Waals surface area (Å²) >= 11 is 0. The first-order valence-electron chi connectivity index (χ1n) is 24.0. The lowest BCUT2D eigenvalue weighted by Crippen LogP contribution is -2.29. The molecule has 12 rings (SSSR count). The molecule has 0 heterocycles. The van der Waals surface area contributed by atoms with Crippen molar-refractivity contribution in [2.75, 3.05) is 4.90 Å². The molecule has 0 aromatic heterocycles. The van der Waals surface area contributed by atoms with Crippen molar-refractivity contribution < 1.29 is 0 Å². The van der Waals surface area contributed by atoms with Crippen LogP contribution in [0.25, 0.3) is 33.0 Å². The average molecular weight is 816 g/mol. The summed E-state index contributed by atoms with van der Waals surface area (Å²) in [7, 11) is 0. The Morgan fingerprint density at radius 3 is 1.73 bits per heavy atom. The van der Waals surface area contributed by atoms with E-state index in [2.05, 4.69) is 195 Å². The van der Waals surface area contributed by atoms with Crippen molar-refractivity contribution in [2.24, 2.45) is 0 Å². The molecule has 1 heteroatoms. The molecule has 0 aliphatic heterocycles. The summed E-state index contributed by atoms with van der Waals surface area (Å²) in [5.41, 5.74) is 19.8. The zero-order chi connectivity index (χ0) is 42.1. The van der Waals surface area contributed by atoms with Gasteiger partial charge >= 0.3 is 0 Å². The summed E-state index contributed by atoms with van der Waals surface area (Å²) in [5, 5.41) is 2.61. The van der Waals surface area contributed by atoms with Crippen LogP contribution in [-0.2, 0) is 10.8 Å². The zero-order valence-corrected chi connectivity index (χ0v) is 36.9. The van der Waals surface area contributed by atoms with E-state index in [1.165, 1.54) is 159 Å². The van der Waals surface area contributed by atoms with E-state index in [1.807, 2.05) is 0 Å². The fraction of sp³-hybridized carbons (Fsp3) is 0.258. The highest BCUT2D eigenvalue weighted by Gasteiger charge is 2.47. The van der Waals surface area contributed by atoms with Crippen molar-refractivity contribution >= 4 is 27.8 Å². The minimum atomic E-state index is -0.494. The third-order valence-corrected chi connectivity index (χ3v) is 15.9. The van der Waals surface area contributed by atoms with Crippen molar-refractivity contribution in [3.63, 3.8) is 0 Å². The Labute approximate surface area is 374 Å². The molecule has 8 aromatic rings. The number of anilines is 3. The molecule has 0 radical (unpaired) electrons. The number of fused-ring (bicyclic) bond motifs is 7. The Morgan fingerprint density at radius 1 is 0.413 bits per heavy atom. The summed E-state index contributed by atoms with van der Waals surface area (Å²) in [6, 6.07) is 68.5. The Balaban J connectivity index is 1.15. The second kappa shape index (κ2) is 15.3. The molecule has 2 saturated carbocycles. The molecule has 310 valence electrons. The molecule has 0 amide bonds. The zero-order valence-electron chi connectivity index (χ0n) is 36.9. The maximum atomic E-state index is 2.68. The van der Waals surface area contributed by atoms with Gasteiger partial charge in [0.1, 0.15) is 0 Å². The second-order valence-electron chi connectivity index (χ2n) is 19.6. The van der Waals surface area contributed by atoms with Gasteiger partial charge in [0.05, 0.1) is 11.1 Å². The summed E-state index contributed by atoms with van der Waals surface area (Å²) in [6.45, 7) is 4.83. The lowest BCUT2D eigenvalue weighted by Gasteiger charge is -2.37. The molecule has 63 heavy (non-hydrogen) atoms. The minimum Gasteiger partial charge on any atom is -0.310 e. The lowest BCUT2D eigenvalue weighted by molar-refractivity contribution is 0.443. The number of hydrogen-bond acceptors (Lipinski definition) is 1. The van der Waals surface area contributed by atoms with E-state index in [4.69, 9.17) is 0 Å². The van der Waals surface area contributed by atoms with E-state index in [-0.39, 0.29) is 5.41 Å². The highest BCUT2D eigenvalue weighted by molar-refractivity contribution is 6.02. The molecule has 4 aliphatic rings. The fourth-order valence-electron chi connectivity index (χ4n) is 12.8. The summed E-state index contributed by atoms with van der Waals surface area (Å²) < 4.78 is 0. The van der Waals surface area contributed by atoms with Gasteiger partial charge in [-0.05, 0) is 134 Å². The molecular formula is C62H57N. The predicted molar refractivity (Wildman–Crippen MR) is 265 cm³/mol. The maximum absolute atomic E-state index is 2.68. The van der Waals surface area contributed by atoms with Crippen LogP contribution in [0.5, 0.6) is 0 Å². The molecular weight excluding hydrogens is 759 g/mol. The maximum Gasteiger partial charge on any atom is 0.0714 e. The number of rotatable bonds is 7. The molecule has 0 N–H and O–H groups in total. The van der Waals surface area contributed by atoms with Gasteiger partial charge in [-0.15, -0.1) is 0 Å². The first kappa shape index (κ1) is 38.5. The molecule has 8 aromatic carbocycles. The van der Waals surface area contributed by atoms with Crippen molar-refractivity contribution in [1.82, 2.24) is 0 Å². The summed E-state index contributed by atoms with van der Waals surface area (Å²) in [5.74, 6) is 1.13. The molecule has 0 saturated heterocycles. The van der Waals surface area contributed by atoms with Crippen LogP contribution >= 0.6 is 0 Å². The average Bonchev–Trinajstić information content (AvgIpc) is 3.77. The Bertz CT molecular complexity index is 3010. The van der Waals surface area contributed by atoms with Gasteiger partial charge in [0.2, 0.25) is 0 Å². The van der Waals surface area contributed by atoms with Gasteiger partial charge in [0.15, 0.2) is 0 Å². The van der Waals surface area contributed by atoms with E-state index in [9.17, 15) is 0 Å². The number of benzene rings is 8. The van der Waals surface area contributed by atoms with Crippen LogP contribution in [0.3, 0.4) is 0 Å². The third-order valence-electron chi connectivity index (χ3n) is 15.9. The second-order valence-corrected chi connectivity index (χ2v) is 19.6. The van der Waals surface area contributed by atoms with Crippen LogP contribution in [-0.4, -0.2) is 0 Å². The Morgan fingerprint density at radius 2 is 0.984 bits per heavy atom. The minimum absolute atomic E-state index is 0.121. The van der Waals surface area contributed by atoms with Crippen molar-refractivity contribution in [3.8, 4) is 22.3 Å². The molecule has 1 unspecified atom stereocenters. The summed E-state index contributed by atoms with van der Waals surface area (Å²) in [4.78, 5) is 2.68. The molecule has 0 bridgehead atoms. The van der Waals surface area contributed by atoms with E-state index >= 15 is 0 Å². The number of nitrogens with zero attached hydrogens (tertiary/aromatic N) is 1. The number of hydrogen-bond donors (Lipinski definition) is 0. The highest BCUT2D eigenvalue weighted by atomic mass is 15.1. The van der Waals surface area contributed by atoms with Crippen LogP contribution in [0.1, 0.15) is 134 Å². The lowest BCUT2D eigenvalue weighted by atomic mass is 9.67. The largest absolute Gasteiger partial charge is 0.310 e. The van der Waals surface area contributed by atoms with E-state index in [1.54, 1.807) is 0 Å². The topological polar surface area (TPSA) is 3.24 Å². The van der Waals surface area contributed by atoms with Crippen LogP contribution in [0.15, 0.2) is 176 Å². The smallest absolute Gasteiger partial charge is 0.0714 e. The first-order chi connectivity index (χ1) is 31.0. The predicted octanol–water partition coefficient (Wildman–Crippen LogP) is 17.1. The molecule has 1 atom stereocenters. The normalized spacial score (nSPS) is 19.0. The molecule has 0 spiro atoms. The quantitative estimate of drug-likeness (QED) is 0.155. The van der Waals surface area contributed by atoms with Gasteiger partial charge in [-0.3, -0.25) is 0 Å². The standard InChI is InChI=1S/C62H57N/c1-61(2)56-31-16-14-29-52(56)54-37-34-48(40-58(54)61)63(60-50-28-13-12-23-44(50)33-36-51(60)43-21-8-4-9-22-43)49-35-38-55-53-30-15-17-32-57(53)62(59(55)41-49,46-25-10-5-11-26-46)47-27-18-24-45(39-47)42-19-6-3-7-20-42/h5,10-18,23-43H,3-4,6-9,19-22H2,1-2H3. The van der Waals surface area contributed by atoms with Crippen molar-refractivity contribution in [1.29, 1.82) is 0 Å². The third kappa shape index (κ3) is 6.02. The van der Waals surface area contributed by atoms with Gasteiger partial charge in [0.25, 0.3) is 0 Å². The van der Waals surface area contributed by atoms with Crippen molar-refractivity contribution in [2.45, 2.75) is 101 Å². The molecule has 1 nitrogen and oxygen atoms in total. The van der Waals surface area contributed by atoms with Gasteiger partial charge in [-0.2, -0.15) is 0 Å². The first-order valence-corrected chi connectivity index (χ1v) is 24.0. The SMILES string of the molecule is CC1(C)c2ccccc2-c2ccc(N(c3ccc4c(c3)C(c3ccccc3)(c3cccc(C5CCCCC5)c3)c3ccccc3-4)c3c(C4CCCCC4)ccc4ccccc34)cc21. The van der Waals surface area contributed by atoms with Gasteiger partial charge < -0.3 is 4.90 Å². The fourth-order valence-corrected chi connectivity index (χ4v) is 12.8. The van der Waals surface area contributed by atoms with Crippen LogP contribution in [0, 0.1) is 0 Å². The van der Waals surface area contributed by atoms with Gasteiger partial charge in [0, 0.05) is 22.2 Å². The Hall–Kier alpha value is -6.18. The van der Waals surface area contributed by atoms with Gasteiger partial charge in [-0.1, -0.05) is 204 Å². The Kier molecular flexibility index (Phi) is 9.33. The van der Waals surface area contributed by atoms with E-state index < -0.39 is 5.41 Å². The van der Waals surface area contributed by atoms with Crippen LogP contribution in [0.4, 0.5) is 17.1 Å². The van der Waals surface area contributed by atoms with Crippen LogP contribution in [0.2, 0.25) is 0 Å². The van der Waals surface area contributed by atoms with Crippen LogP contribution < -0.4 is 4.90 Å². The summed E-state index contributed by atoms with van der Waals surface area (Å²) in [6.07, 6.45) is 13.0. The highest BCUT2D eigenvalue weighted by Crippen LogP contribution is 2.59. The van der Waals surface area contributed by atoms with E-state index in [0.29, 0.717) is 11.8 Å². The monoisotopic (exact) mass is 815 g/mol. The van der Waals surface area contributed by atoms with E-state index in [0.717, 1.165) is 0 Å². The molecule has 2 fully saturated rings. The molecule has 4 aliphatic carbocycles. The van der Waals surface area contributed by atoms with Crippen molar-refractivity contribution in [3.05, 3.63) is 220 Å².